The predicted octanol–water partition coefficient (Wildman–Crippen LogP) is 3.58. The van der Waals surface area contributed by atoms with Crippen molar-refractivity contribution >= 4 is 11.6 Å². The average molecular weight is 333 g/mol. The van der Waals surface area contributed by atoms with E-state index < -0.39 is 11.6 Å². The third-order valence-corrected chi connectivity index (χ3v) is 3.97. The van der Waals surface area contributed by atoms with Crippen molar-refractivity contribution in [3.63, 3.8) is 0 Å². The van der Waals surface area contributed by atoms with Crippen molar-refractivity contribution in [2.45, 2.75) is 19.9 Å². The molecule has 0 bridgehead atoms. The van der Waals surface area contributed by atoms with Crippen LogP contribution in [0.15, 0.2) is 51.8 Å². The Hall–Kier alpha value is -2.40. The lowest BCUT2D eigenvalue weighted by Gasteiger charge is -2.07. The van der Waals surface area contributed by atoms with Crippen LogP contribution in [0.25, 0.3) is 0 Å². The summed E-state index contributed by atoms with van der Waals surface area (Å²) in [5.74, 6) is -0.676. The van der Waals surface area contributed by atoms with Crippen LogP contribution in [-0.2, 0) is 13.0 Å². The van der Waals surface area contributed by atoms with Gasteiger partial charge in [0.05, 0.1) is 6.54 Å². The minimum atomic E-state index is -0.576. The molecule has 0 aliphatic carbocycles. The summed E-state index contributed by atoms with van der Waals surface area (Å²) in [5, 5.41) is 4.05. The number of rotatable bonds is 4. The van der Waals surface area contributed by atoms with Gasteiger partial charge >= 0.3 is 5.76 Å². The fraction of sp³-hybridized carbons (Fsp3) is 0.176. The molecule has 0 N–H and O–H groups in total. The summed E-state index contributed by atoms with van der Waals surface area (Å²) >= 11 is 6.03. The molecule has 0 aliphatic heterocycles. The molecule has 0 aliphatic rings. The molecule has 0 spiro atoms. The Bertz CT molecular complexity index is 864. The second-order valence-electron chi connectivity index (χ2n) is 5.31. The van der Waals surface area contributed by atoms with Crippen molar-refractivity contribution in [1.29, 1.82) is 0 Å². The highest BCUT2D eigenvalue weighted by molar-refractivity contribution is 6.31. The summed E-state index contributed by atoms with van der Waals surface area (Å²) in [7, 11) is 0. The highest BCUT2D eigenvalue weighted by Gasteiger charge is 2.16. The van der Waals surface area contributed by atoms with Gasteiger partial charge in [0.25, 0.3) is 0 Å². The maximum atomic E-state index is 13.9. The second kappa shape index (κ2) is 6.38. The van der Waals surface area contributed by atoms with Crippen molar-refractivity contribution < 1.29 is 8.91 Å². The Morgan fingerprint density at radius 2 is 1.96 bits per heavy atom. The Morgan fingerprint density at radius 3 is 2.65 bits per heavy atom. The van der Waals surface area contributed by atoms with Crippen molar-refractivity contribution in [1.82, 2.24) is 9.72 Å². The molecule has 0 fully saturated rings. The number of aromatic nitrogens is 2. The molecule has 4 nitrogen and oxygen atoms in total. The van der Waals surface area contributed by atoms with Crippen molar-refractivity contribution in [2.75, 3.05) is 0 Å². The first-order valence-corrected chi connectivity index (χ1v) is 7.46. The van der Waals surface area contributed by atoms with E-state index in [1.165, 1.54) is 16.7 Å². The fourth-order valence-corrected chi connectivity index (χ4v) is 2.54. The van der Waals surface area contributed by atoms with Gasteiger partial charge in [-0.1, -0.05) is 52.7 Å². The Balaban J connectivity index is 1.93. The van der Waals surface area contributed by atoms with E-state index in [4.69, 9.17) is 16.1 Å². The molecule has 3 rings (SSSR count). The first-order chi connectivity index (χ1) is 11.0. The van der Waals surface area contributed by atoms with E-state index in [9.17, 15) is 9.18 Å². The van der Waals surface area contributed by atoms with Crippen molar-refractivity contribution in [2.24, 2.45) is 0 Å². The van der Waals surface area contributed by atoms with Gasteiger partial charge in [0.15, 0.2) is 5.82 Å². The van der Waals surface area contributed by atoms with Crippen LogP contribution in [-0.4, -0.2) is 9.72 Å². The van der Waals surface area contributed by atoms with Crippen LogP contribution in [0.1, 0.15) is 22.5 Å². The zero-order chi connectivity index (χ0) is 16.4. The molecular weight excluding hydrogens is 319 g/mol. The van der Waals surface area contributed by atoms with Crippen LogP contribution in [0.5, 0.6) is 0 Å². The lowest BCUT2D eigenvalue weighted by molar-refractivity contribution is 0.375. The standard InChI is InChI=1S/C17H14ClFN2O2/c1-11-5-7-12(8-6-11)10-21-16(20-23-17(21)22)9-13-14(18)3-2-4-15(13)19/h2-8H,9-10H2,1H3. The van der Waals surface area contributed by atoms with E-state index in [0.29, 0.717) is 23.0 Å². The molecule has 1 heterocycles. The zero-order valence-corrected chi connectivity index (χ0v) is 13.2. The number of benzene rings is 2. The maximum absolute atomic E-state index is 13.9. The van der Waals surface area contributed by atoms with Gasteiger partial charge in [0.1, 0.15) is 5.82 Å². The number of halogens is 2. The lowest BCUT2D eigenvalue weighted by Crippen LogP contribution is -2.18. The molecule has 1 aromatic heterocycles. The molecule has 0 amide bonds. The van der Waals surface area contributed by atoms with Crippen LogP contribution < -0.4 is 5.76 Å². The van der Waals surface area contributed by atoms with Crippen LogP contribution in [0.2, 0.25) is 5.02 Å². The Kier molecular flexibility index (Phi) is 4.30. The number of hydrogen-bond acceptors (Lipinski definition) is 3. The quantitative estimate of drug-likeness (QED) is 0.733. The molecule has 3 aromatic rings. The van der Waals surface area contributed by atoms with Gasteiger partial charge in [-0.05, 0) is 24.6 Å². The summed E-state index contributed by atoms with van der Waals surface area (Å²) in [6, 6.07) is 12.2. The van der Waals surface area contributed by atoms with E-state index in [0.717, 1.165) is 11.1 Å². The van der Waals surface area contributed by atoms with E-state index >= 15 is 0 Å². The molecule has 23 heavy (non-hydrogen) atoms. The van der Waals surface area contributed by atoms with Gasteiger partial charge in [0, 0.05) is 17.0 Å². The largest absolute Gasteiger partial charge is 0.441 e. The molecule has 2 aromatic carbocycles. The third-order valence-electron chi connectivity index (χ3n) is 3.62. The van der Waals surface area contributed by atoms with Crippen molar-refractivity contribution in [3.8, 4) is 0 Å². The summed E-state index contributed by atoms with van der Waals surface area (Å²) in [6.07, 6.45) is 0.0864. The first kappa shape index (κ1) is 15.5. The van der Waals surface area contributed by atoms with E-state index in [1.807, 2.05) is 31.2 Å². The monoisotopic (exact) mass is 332 g/mol. The van der Waals surface area contributed by atoms with Gasteiger partial charge in [-0.25, -0.2) is 9.18 Å². The number of aryl methyl sites for hydroxylation is 1. The number of nitrogens with zero attached hydrogens (tertiary/aromatic N) is 2. The van der Waals surface area contributed by atoms with Gasteiger partial charge in [-0.2, -0.15) is 0 Å². The molecule has 0 radical (unpaired) electrons. The lowest BCUT2D eigenvalue weighted by atomic mass is 10.1. The average Bonchev–Trinajstić information content (AvgIpc) is 2.86. The van der Waals surface area contributed by atoms with E-state index in [1.54, 1.807) is 6.07 Å². The highest BCUT2D eigenvalue weighted by atomic mass is 35.5. The molecule has 0 unspecified atom stereocenters. The smallest absolute Gasteiger partial charge is 0.296 e. The van der Waals surface area contributed by atoms with Crippen LogP contribution in [0, 0.1) is 12.7 Å². The van der Waals surface area contributed by atoms with Gasteiger partial charge in [-0.15, -0.1) is 0 Å². The van der Waals surface area contributed by atoms with Gasteiger partial charge in [-0.3, -0.25) is 9.09 Å². The summed E-state index contributed by atoms with van der Waals surface area (Å²) in [5.41, 5.74) is 2.35. The topological polar surface area (TPSA) is 48.0 Å². The predicted molar refractivity (Wildman–Crippen MR) is 85.3 cm³/mol. The summed E-state index contributed by atoms with van der Waals surface area (Å²) in [4.78, 5) is 11.9. The van der Waals surface area contributed by atoms with Crippen molar-refractivity contribution in [3.05, 3.63) is 86.4 Å². The molecule has 0 saturated carbocycles. The van der Waals surface area contributed by atoms with Crippen LogP contribution in [0.4, 0.5) is 4.39 Å². The minimum Gasteiger partial charge on any atom is -0.296 e. The second-order valence-corrected chi connectivity index (χ2v) is 5.72. The van der Waals surface area contributed by atoms with Gasteiger partial charge in [0.2, 0.25) is 0 Å². The highest BCUT2D eigenvalue weighted by Crippen LogP contribution is 2.21. The maximum Gasteiger partial charge on any atom is 0.441 e. The molecule has 118 valence electrons. The fourth-order valence-electron chi connectivity index (χ4n) is 2.31. The summed E-state index contributed by atoms with van der Waals surface area (Å²) < 4.78 is 20.0. The molecular formula is C17H14ClFN2O2. The first-order valence-electron chi connectivity index (χ1n) is 7.08. The molecule has 0 atom stereocenters. The number of hydrogen-bond donors (Lipinski definition) is 0. The van der Waals surface area contributed by atoms with E-state index in [2.05, 4.69) is 5.16 Å². The summed E-state index contributed by atoms with van der Waals surface area (Å²) in [6.45, 7) is 2.30. The zero-order valence-electron chi connectivity index (χ0n) is 12.4. The third kappa shape index (κ3) is 3.35. The Morgan fingerprint density at radius 1 is 1.22 bits per heavy atom. The minimum absolute atomic E-state index is 0.0864. The normalized spacial score (nSPS) is 10.9. The van der Waals surface area contributed by atoms with Gasteiger partial charge < -0.3 is 0 Å². The Labute approximate surface area is 137 Å². The van der Waals surface area contributed by atoms with E-state index in [-0.39, 0.29) is 6.42 Å². The SMILES string of the molecule is Cc1ccc(Cn2c(Cc3c(F)cccc3Cl)noc2=O)cc1. The van der Waals surface area contributed by atoms with Crippen LogP contribution in [0.3, 0.4) is 0 Å². The molecule has 0 saturated heterocycles. The van der Waals surface area contributed by atoms with Crippen LogP contribution >= 0.6 is 11.6 Å². The molecule has 6 heteroatoms.